The summed E-state index contributed by atoms with van der Waals surface area (Å²) in [6.45, 7) is 7.55. The molecule has 0 unspecified atom stereocenters. The van der Waals surface area contributed by atoms with Gasteiger partial charge in [-0.1, -0.05) is 23.9 Å². The molecular formula is C24H26N6O5S. The lowest BCUT2D eigenvalue weighted by atomic mass is 10.2. The van der Waals surface area contributed by atoms with Crippen LogP contribution in [0.1, 0.15) is 34.7 Å². The Hall–Kier alpha value is -4.19. The molecule has 2 N–H and O–H groups in total. The van der Waals surface area contributed by atoms with Gasteiger partial charge in [0, 0.05) is 29.4 Å². The molecule has 0 radical (unpaired) electrons. The highest BCUT2D eigenvalue weighted by atomic mass is 32.2. The molecular weight excluding hydrogens is 484 g/mol. The number of nitro groups is 1. The summed E-state index contributed by atoms with van der Waals surface area (Å²) in [7, 11) is 1.55. The largest absolute Gasteiger partial charge is 0.497 e. The van der Waals surface area contributed by atoms with Gasteiger partial charge in [-0.25, -0.2) is 0 Å². The van der Waals surface area contributed by atoms with Crippen LogP contribution < -0.4 is 15.4 Å². The molecule has 188 valence electrons. The summed E-state index contributed by atoms with van der Waals surface area (Å²) in [4.78, 5) is 35.8. The van der Waals surface area contributed by atoms with E-state index in [0.29, 0.717) is 40.1 Å². The van der Waals surface area contributed by atoms with Gasteiger partial charge < -0.3 is 19.9 Å². The third-order valence-electron chi connectivity index (χ3n) is 5.17. The molecule has 11 nitrogen and oxygen atoms in total. The zero-order valence-corrected chi connectivity index (χ0v) is 20.9. The van der Waals surface area contributed by atoms with Gasteiger partial charge in [0.2, 0.25) is 5.91 Å². The Balaban J connectivity index is 1.66. The van der Waals surface area contributed by atoms with E-state index >= 15 is 0 Å². The highest BCUT2D eigenvalue weighted by molar-refractivity contribution is 7.99. The van der Waals surface area contributed by atoms with Crippen LogP contribution in [0.4, 0.5) is 11.4 Å². The number of rotatable bonds is 11. The van der Waals surface area contributed by atoms with E-state index in [9.17, 15) is 19.7 Å². The first-order chi connectivity index (χ1) is 17.2. The van der Waals surface area contributed by atoms with Gasteiger partial charge >= 0.3 is 0 Å². The third-order valence-corrected chi connectivity index (χ3v) is 6.13. The van der Waals surface area contributed by atoms with Crippen molar-refractivity contribution in [2.24, 2.45) is 0 Å². The van der Waals surface area contributed by atoms with Crippen molar-refractivity contribution >= 4 is 35.0 Å². The van der Waals surface area contributed by atoms with Crippen LogP contribution in [0.3, 0.4) is 0 Å². The Morgan fingerprint density at radius 3 is 2.61 bits per heavy atom. The summed E-state index contributed by atoms with van der Waals surface area (Å²) in [5.74, 6) is 0.530. The molecule has 0 aliphatic heterocycles. The number of aryl methyl sites for hydroxylation is 1. The molecule has 3 aromatic rings. The fourth-order valence-corrected chi connectivity index (χ4v) is 4.08. The van der Waals surface area contributed by atoms with Gasteiger partial charge in [-0.05, 0) is 44.2 Å². The number of carbonyl (C=O) groups excluding carboxylic acids is 2. The van der Waals surface area contributed by atoms with E-state index in [2.05, 4.69) is 27.4 Å². The van der Waals surface area contributed by atoms with E-state index in [-0.39, 0.29) is 23.3 Å². The predicted molar refractivity (Wildman–Crippen MR) is 136 cm³/mol. The minimum absolute atomic E-state index is 0.00351. The van der Waals surface area contributed by atoms with Gasteiger partial charge in [0.05, 0.1) is 23.8 Å². The predicted octanol–water partition coefficient (Wildman–Crippen LogP) is 3.91. The average molecular weight is 511 g/mol. The van der Waals surface area contributed by atoms with Crippen LogP contribution in [-0.4, -0.2) is 44.4 Å². The van der Waals surface area contributed by atoms with Crippen LogP contribution in [0.2, 0.25) is 0 Å². The first-order valence-corrected chi connectivity index (χ1v) is 11.9. The van der Waals surface area contributed by atoms with Crippen molar-refractivity contribution in [3.63, 3.8) is 0 Å². The number of hydrogen-bond donors (Lipinski definition) is 2. The van der Waals surface area contributed by atoms with Crippen molar-refractivity contribution in [2.75, 3.05) is 18.2 Å². The molecule has 36 heavy (non-hydrogen) atoms. The molecule has 1 atom stereocenters. The summed E-state index contributed by atoms with van der Waals surface area (Å²) in [5.41, 5.74) is 1.24. The van der Waals surface area contributed by atoms with E-state index in [0.717, 1.165) is 11.8 Å². The van der Waals surface area contributed by atoms with Crippen LogP contribution >= 0.6 is 11.8 Å². The lowest BCUT2D eigenvalue weighted by Gasteiger charge is -2.15. The Kier molecular flexibility index (Phi) is 8.79. The van der Waals surface area contributed by atoms with E-state index in [1.165, 1.54) is 6.07 Å². The van der Waals surface area contributed by atoms with E-state index < -0.39 is 11.0 Å². The number of allylic oxidation sites excluding steroid dienone is 1. The molecule has 1 aromatic heterocycles. The van der Waals surface area contributed by atoms with Gasteiger partial charge in [0.25, 0.3) is 11.6 Å². The van der Waals surface area contributed by atoms with Gasteiger partial charge in [-0.2, -0.15) is 0 Å². The van der Waals surface area contributed by atoms with Crippen molar-refractivity contribution in [2.45, 2.75) is 31.6 Å². The maximum Gasteiger partial charge on any atom is 0.274 e. The molecule has 2 aromatic carbocycles. The zero-order chi connectivity index (χ0) is 26.2. The molecule has 0 fully saturated rings. The number of nitrogens with one attached hydrogen (secondary N) is 2. The molecule has 0 aliphatic carbocycles. The van der Waals surface area contributed by atoms with Crippen molar-refractivity contribution in [1.29, 1.82) is 0 Å². The molecule has 0 saturated heterocycles. The number of carbonyl (C=O) groups is 2. The second kappa shape index (κ2) is 12.0. The summed E-state index contributed by atoms with van der Waals surface area (Å²) in [6, 6.07) is 10.8. The summed E-state index contributed by atoms with van der Waals surface area (Å²) < 4.78 is 6.88. The minimum atomic E-state index is -0.492. The van der Waals surface area contributed by atoms with Crippen molar-refractivity contribution in [3.05, 3.63) is 82.2 Å². The van der Waals surface area contributed by atoms with Crippen molar-refractivity contribution in [3.8, 4) is 5.75 Å². The second-order valence-corrected chi connectivity index (χ2v) is 8.70. The molecule has 2 amide bonds. The van der Waals surface area contributed by atoms with E-state index in [4.69, 9.17) is 4.74 Å². The number of methoxy groups -OCH3 is 1. The second-order valence-electron chi connectivity index (χ2n) is 7.76. The quantitative estimate of drug-likeness (QED) is 0.171. The fourth-order valence-electron chi connectivity index (χ4n) is 3.33. The molecule has 0 bridgehead atoms. The number of anilines is 1. The SMILES string of the molecule is C=CCn1c(SCC(=O)Nc2ccc(C)c([N+](=O)[O-])c2)nnc1[C@H](C)NC(=O)c1ccc(OC)cc1. The van der Waals surface area contributed by atoms with Crippen LogP contribution in [0.15, 0.2) is 60.3 Å². The van der Waals surface area contributed by atoms with E-state index in [1.54, 1.807) is 68.0 Å². The van der Waals surface area contributed by atoms with Crippen LogP contribution in [0, 0.1) is 17.0 Å². The first kappa shape index (κ1) is 26.4. The van der Waals surface area contributed by atoms with E-state index in [1.807, 2.05) is 0 Å². The Morgan fingerprint density at radius 1 is 1.25 bits per heavy atom. The summed E-state index contributed by atoms with van der Waals surface area (Å²) in [6.07, 6.45) is 1.67. The molecule has 0 aliphatic rings. The molecule has 0 saturated carbocycles. The molecule has 0 spiro atoms. The van der Waals surface area contributed by atoms with Gasteiger partial charge in [0.1, 0.15) is 5.75 Å². The maximum atomic E-state index is 12.6. The van der Waals surface area contributed by atoms with Crippen LogP contribution in [0.5, 0.6) is 5.75 Å². The maximum absolute atomic E-state index is 12.6. The number of amides is 2. The standard InChI is InChI=1S/C24H26N6O5S/c1-5-12-29-22(16(3)25-23(32)17-7-10-19(35-4)11-8-17)27-28-24(29)36-14-21(31)26-18-9-6-15(2)20(13-18)30(33)34/h5-11,13,16H,1,12,14H2,2-4H3,(H,25,32)(H,26,31)/t16-/m0/s1. The van der Waals surface area contributed by atoms with Gasteiger partial charge in [0.15, 0.2) is 11.0 Å². The Morgan fingerprint density at radius 2 is 1.97 bits per heavy atom. The minimum Gasteiger partial charge on any atom is -0.497 e. The van der Waals surface area contributed by atoms with Crippen molar-refractivity contribution in [1.82, 2.24) is 20.1 Å². The molecule has 12 heteroatoms. The number of nitrogens with zero attached hydrogens (tertiary/aromatic N) is 4. The summed E-state index contributed by atoms with van der Waals surface area (Å²) >= 11 is 1.15. The number of benzene rings is 2. The fraction of sp³-hybridized carbons (Fsp3) is 0.250. The number of nitro benzene ring substituents is 1. The molecule has 1 heterocycles. The Bertz CT molecular complexity index is 1270. The summed E-state index contributed by atoms with van der Waals surface area (Å²) in [5, 5.41) is 25.6. The normalized spacial score (nSPS) is 11.4. The van der Waals surface area contributed by atoms with Crippen LogP contribution in [-0.2, 0) is 11.3 Å². The number of aromatic nitrogens is 3. The molecule has 3 rings (SSSR count). The lowest BCUT2D eigenvalue weighted by molar-refractivity contribution is -0.385. The highest BCUT2D eigenvalue weighted by Crippen LogP contribution is 2.24. The van der Waals surface area contributed by atoms with Crippen LogP contribution in [0.25, 0.3) is 0 Å². The topological polar surface area (TPSA) is 141 Å². The first-order valence-electron chi connectivity index (χ1n) is 10.9. The Labute approximate surface area is 212 Å². The van der Waals surface area contributed by atoms with Gasteiger partial charge in [-0.3, -0.25) is 19.7 Å². The number of hydrogen-bond acceptors (Lipinski definition) is 8. The zero-order valence-electron chi connectivity index (χ0n) is 20.1. The van der Waals surface area contributed by atoms with Crippen molar-refractivity contribution < 1.29 is 19.2 Å². The lowest BCUT2D eigenvalue weighted by Crippen LogP contribution is -2.28. The third kappa shape index (κ3) is 6.48. The highest BCUT2D eigenvalue weighted by Gasteiger charge is 2.21. The average Bonchev–Trinajstić information content (AvgIpc) is 3.26. The van der Waals surface area contributed by atoms with Gasteiger partial charge in [-0.15, -0.1) is 16.8 Å². The number of ether oxygens (including phenoxy) is 1. The smallest absolute Gasteiger partial charge is 0.274 e. The monoisotopic (exact) mass is 510 g/mol. The number of thioether (sulfide) groups is 1.